The van der Waals surface area contributed by atoms with E-state index < -0.39 is 6.10 Å². The lowest BCUT2D eigenvalue weighted by Gasteiger charge is -2.09. The van der Waals surface area contributed by atoms with Crippen LogP contribution in [0, 0.1) is 5.92 Å². The van der Waals surface area contributed by atoms with Gasteiger partial charge in [0.05, 0.1) is 11.9 Å². The molecule has 0 bridgehead atoms. The van der Waals surface area contributed by atoms with Crippen LogP contribution in [0.1, 0.15) is 55.9 Å². The Balaban J connectivity index is 1.80. The first kappa shape index (κ1) is 12.4. The van der Waals surface area contributed by atoms with Crippen molar-refractivity contribution in [1.82, 2.24) is 15.0 Å². The molecule has 5 heteroatoms. The van der Waals surface area contributed by atoms with Crippen LogP contribution in [-0.4, -0.2) is 20.1 Å². The van der Waals surface area contributed by atoms with Crippen molar-refractivity contribution in [3.05, 3.63) is 35.5 Å². The van der Waals surface area contributed by atoms with E-state index in [1.54, 1.807) is 10.9 Å². The van der Waals surface area contributed by atoms with Gasteiger partial charge in [-0.15, -0.1) is 5.10 Å². The van der Waals surface area contributed by atoms with Gasteiger partial charge in [0, 0.05) is 12.5 Å². The van der Waals surface area contributed by atoms with Crippen molar-refractivity contribution in [2.75, 3.05) is 0 Å². The lowest BCUT2D eigenvalue weighted by Crippen LogP contribution is -2.09. The summed E-state index contributed by atoms with van der Waals surface area (Å²) in [5.74, 6) is 2.79. The molecule has 5 nitrogen and oxygen atoms in total. The average Bonchev–Trinajstić information content (AvgIpc) is 2.87. The molecule has 0 spiro atoms. The van der Waals surface area contributed by atoms with Gasteiger partial charge >= 0.3 is 0 Å². The van der Waals surface area contributed by atoms with Gasteiger partial charge < -0.3 is 9.52 Å². The van der Waals surface area contributed by atoms with Gasteiger partial charge in [-0.3, -0.25) is 0 Å². The molecular weight excluding hydrogens is 242 g/mol. The molecule has 3 unspecified atom stereocenters. The normalized spacial score (nSPS) is 23.5. The first-order valence-electron chi connectivity index (χ1n) is 6.86. The number of aryl methyl sites for hydroxylation is 1. The molecule has 3 atom stereocenters. The Bertz CT molecular complexity index is 561. The van der Waals surface area contributed by atoms with Crippen molar-refractivity contribution in [1.29, 1.82) is 0 Å². The lowest BCUT2D eigenvalue weighted by atomic mass is 10.2. The molecule has 0 saturated heterocycles. The van der Waals surface area contributed by atoms with E-state index in [0.29, 0.717) is 23.3 Å². The third-order valence-electron chi connectivity index (χ3n) is 3.76. The molecule has 0 amide bonds. The zero-order chi connectivity index (χ0) is 13.4. The zero-order valence-electron chi connectivity index (χ0n) is 11.3. The number of aliphatic hydroxyl groups excluding tert-OH is 1. The summed E-state index contributed by atoms with van der Waals surface area (Å²) in [6.07, 6.45) is 2.94. The van der Waals surface area contributed by atoms with E-state index >= 15 is 0 Å². The molecule has 0 aromatic carbocycles. The van der Waals surface area contributed by atoms with Crippen LogP contribution in [0.4, 0.5) is 0 Å². The van der Waals surface area contributed by atoms with Crippen LogP contribution in [0.5, 0.6) is 0 Å². The maximum Gasteiger partial charge on any atom is 0.155 e. The molecule has 2 heterocycles. The molecule has 2 aromatic rings. The number of hydrogen-bond donors (Lipinski definition) is 1. The van der Waals surface area contributed by atoms with Crippen LogP contribution in [0.3, 0.4) is 0 Å². The molecule has 0 radical (unpaired) electrons. The Labute approximate surface area is 112 Å². The number of furan rings is 1. The summed E-state index contributed by atoms with van der Waals surface area (Å²) in [6.45, 7) is 5.03. The predicted molar refractivity (Wildman–Crippen MR) is 69.6 cm³/mol. The van der Waals surface area contributed by atoms with Gasteiger partial charge in [0.2, 0.25) is 0 Å². The molecular formula is C14H19N3O2. The molecule has 1 aliphatic rings. The molecule has 1 fully saturated rings. The second kappa shape index (κ2) is 4.81. The highest BCUT2D eigenvalue weighted by molar-refractivity contribution is 5.22. The maximum atomic E-state index is 10.4. The molecule has 19 heavy (non-hydrogen) atoms. The second-order valence-electron chi connectivity index (χ2n) is 5.34. The topological polar surface area (TPSA) is 64.1 Å². The highest BCUT2D eigenvalue weighted by atomic mass is 16.4. The highest BCUT2D eigenvalue weighted by Crippen LogP contribution is 2.47. The minimum atomic E-state index is -0.788. The third kappa shape index (κ3) is 2.30. The fourth-order valence-corrected chi connectivity index (χ4v) is 2.44. The van der Waals surface area contributed by atoms with Crippen LogP contribution in [0.15, 0.2) is 22.7 Å². The van der Waals surface area contributed by atoms with Crippen LogP contribution < -0.4 is 0 Å². The molecule has 1 aliphatic carbocycles. The van der Waals surface area contributed by atoms with E-state index in [4.69, 9.17) is 4.42 Å². The Kier molecular flexibility index (Phi) is 3.14. The van der Waals surface area contributed by atoms with Crippen LogP contribution in [-0.2, 0) is 6.54 Å². The van der Waals surface area contributed by atoms with Crippen LogP contribution in [0.25, 0.3) is 0 Å². The van der Waals surface area contributed by atoms with Gasteiger partial charge in [-0.1, -0.05) is 19.1 Å². The number of aromatic nitrogens is 3. The Hall–Kier alpha value is -1.62. The Morgan fingerprint density at radius 2 is 2.32 bits per heavy atom. The van der Waals surface area contributed by atoms with Gasteiger partial charge in [0.15, 0.2) is 6.10 Å². The first-order valence-corrected chi connectivity index (χ1v) is 6.86. The van der Waals surface area contributed by atoms with Crippen molar-refractivity contribution >= 4 is 0 Å². The predicted octanol–water partition coefficient (Wildman–Crippen LogP) is 2.49. The van der Waals surface area contributed by atoms with Gasteiger partial charge in [-0.05, 0) is 30.9 Å². The summed E-state index contributed by atoms with van der Waals surface area (Å²) < 4.78 is 7.51. The minimum Gasteiger partial charge on any atom is -0.463 e. The number of rotatable bonds is 5. The summed E-state index contributed by atoms with van der Waals surface area (Å²) in [5, 5.41) is 18.2. The smallest absolute Gasteiger partial charge is 0.155 e. The highest BCUT2D eigenvalue weighted by Gasteiger charge is 2.37. The minimum absolute atomic E-state index is 0.527. The quantitative estimate of drug-likeness (QED) is 0.898. The summed E-state index contributed by atoms with van der Waals surface area (Å²) >= 11 is 0. The Morgan fingerprint density at radius 3 is 3.00 bits per heavy atom. The van der Waals surface area contributed by atoms with Crippen molar-refractivity contribution in [3.63, 3.8) is 0 Å². The van der Waals surface area contributed by atoms with Gasteiger partial charge in [-0.25, -0.2) is 4.68 Å². The maximum absolute atomic E-state index is 10.4. The van der Waals surface area contributed by atoms with E-state index in [9.17, 15) is 5.11 Å². The molecule has 1 saturated carbocycles. The fraction of sp³-hybridized carbons (Fsp3) is 0.571. The Morgan fingerprint density at radius 1 is 1.53 bits per heavy atom. The van der Waals surface area contributed by atoms with Crippen molar-refractivity contribution in [2.45, 2.75) is 45.3 Å². The molecule has 0 aliphatic heterocycles. The van der Waals surface area contributed by atoms with Crippen molar-refractivity contribution in [3.8, 4) is 0 Å². The third-order valence-corrected chi connectivity index (χ3v) is 3.76. The molecule has 102 valence electrons. The van der Waals surface area contributed by atoms with E-state index in [1.165, 1.54) is 6.42 Å². The number of nitrogens with zero attached hydrogens (tertiary/aromatic N) is 3. The summed E-state index contributed by atoms with van der Waals surface area (Å²) in [6, 6.07) is 3.83. The van der Waals surface area contributed by atoms with Crippen molar-refractivity contribution < 1.29 is 9.52 Å². The van der Waals surface area contributed by atoms with E-state index in [1.807, 2.05) is 12.1 Å². The van der Waals surface area contributed by atoms with Gasteiger partial charge in [-0.2, -0.15) is 0 Å². The standard InChI is InChI=1S/C14H19N3O2/c1-3-6-17-11(8-15-16-17)14(18)13-5-4-12(19-13)10-7-9(10)2/h4-5,8-10,14,18H,3,6-7H2,1-2H3. The van der Waals surface area contributed by atoms with Crippen molar-refractivity contribution in [2.24, 2.45) is 5.92 Å². The van der Waals surface area contributed by atoms with Crippen LogP contribution in [0.2, 0.25) is 0 Å². The lowest BCUT2D eigenvalue weighted by molar-refractivity contribution is 0.175. The van der Waals surface area contributed by atoms with Gasteiger partial charge in [0.1, 0.15) is 11.5 Å². The fourth-order valence-electron chi connectivity index (χ4n) is 2.44. The van der Waals surface area contributed by atoms with E-state index in [-0.39, 0.29) is 0 Å². The number of aliphatic hydroxyl groups is 1. The zero-order valence-corrected chi connectivity index (χ0v) is 11.3. The van der Waals surface area contributed by atoms with Crippen LogP contribution >= 0.6 is 0 Å². The van der Waals surface area contributed by atoms with Gasteiger partial charge in [0.25, 0.3) is 0 Å². The van der Waals surface area contributed by atoms with E-state index in [0.717, 1.165) is 18.7 Å². The molecule has 2 aromatic heterocycles. The van der Waals surface area contributed by atoms with E-state index in [2.05, 4.69) is 24.2 Å². The SMILES string of the molecule is CCCn1nncc1C(O)c1ccc(C2CC2C)o1. The first-order chi connectivity index (χ1) is 9.20. The summed E-state index contributed by atoms with van der Waals surface area (Å²) in [5.41, 5.74) is 0.687. The number of hydrogen-bond acceptors (Lipinski definition) is 4. The monoisotopic (exact) mass is 261 g/mol. The largest absolute Gasteiger partial charge is 0.463 e. The molecule has 3 rings (SSSR count). The average molecular weight is 261 g/mol. The summed E-state index contributed by atoms with van der Waals surface area (Å²) in [4.78, 5) is 0. The second-order valence-corrected chi connectivity index (χ2v) is 5.34. The molecule has 1 N–H and O–H groups in total. The summed E-state index contributed by atoms with van der Waals surface area (Å²) in [7, 11) is 0.